The first-order valence-electron chi connectivity index (χ1n) is 6.95. The maximum Gasteiger partial charge on any atom is 0.228 e. The molecule has 0 radical (unpaired) electrons. The molecule has 0 aliphatic carbocycles. The average Bonchev–Trinajstić information content (AvgIpc) is 3.16. The van der Waals surface area contributed by atoms with Crippen LogP contribution in [0.15, 0.2) is 41.4 Å². The number of thiazole rings is 1. The molecule has 0 saturated heterocycles. The summed E-state index contributed by atoms with van der Waals surface area (Å²) in [6.07, 6.45) is 6.41. The van der Waals surface area contributed by atoms with Crippen molar-refractivity contribution in [2.75, 3.05) is 0 Å². The Bertz CT molecular complexity index is 900. The fourth-order valence-electron chi connectivity index (χ4n) is 2.08. The molecule has 0 aromatic carbocycles. The molecule has 0 atom stereocenters. The highest BCUT2D eigenvalue weighted by Gasteiger charge is 2.24. The minimum Gasteiger partial charge on any atom is -0.319 e. The largest absolute Gasteiger partial charge is 0.319 e. The molecule has 0 N–H and O–H groups in total. The fraction of sp³-hybridized carbons (Fsp3) is 0.286. The van der Waals surface area contributed by atoms with E-state index in [1.807, 2.05) is 13.8 Å². The van der Waals surface area contributed by atoms with Crippen molar-refractivity contribution in [1.82, 2.24) is 24.5 Å². The van der Waals surface area contributed by atoms with Crippen LogP contribution in [0, 0.1) is 0 Å². The topological polar surface area (TPSA) is 90.6 Å². The molecule has 0 bridgehead atoms. The molecule has 7 nitrogen and oxygen atoms in total. The Labute approximate surface area is 138 Å². The lowest BCUT2D eigenvalue weighted by Crippen LogP contribution is -2.14. The molecular formula is C14H15N5O2S2. The highest BCUT2D eigenvalue weighted by Crippen LogP contribution is 2.23. The number of hydrogen-bond donors (Lipinski definition) is 0. The summed E-state index contributed by atoms with van der Waals surface area (Å²) in [5.41, 5.74) is 0.468. The van der Waals surface area contributed by atoms with Crippen LogP contribution in [0.25, 0.3) is 10.8 Å². The van der Waals surface area contributed by atoms with Crippen LogP contribution in [0.4, 0.5) is 0 Å². The zero-order valence-electron chi connectivity index (χ0n) is 12.6. The van der Waals surface area contributed by atoms with E-state index in [1.165, 1.54) is 17.5 Å². The van der Waals surface area contributed by atoms with Gasteiger partial charge < -0.3 is 4.57 Å². The number of rotatable bonds is 5. The van der Waals surface area contributed by atoms with Crippen molar-refractivity contribution in [1.29, 1.82) is 0 Å². The van der Waals surface area contributed by atoms with Gasteiger partial charge in [0.1, 0.15) is 5.75 Å². The summed E-state index contributed by atoms with van der Waals surface area (Å²) in [4.78, 5) is 16.6. The van der Waals surface area contributed by atoms with Gasteiger partial charge in [0.05, 0.1) is 5.69 Å². The second-order valence-electron chi connectivity index (χ2n) is 5.19. The Hall–Kier alpha value is -2.13. The quantitative estimate of drug-likeness (QED) is 0.702. The van der Waals surface area contributed by atoms with Crippen molar-refractivity contribution in [3.63, 3.8) is 0 Å². The monoisotopic (exact) mass is 349 g/mol. The van der Waals surface area contributed by atoms with Gasteiger partial charge in [-0.2, -0.15) is 0 Å². The Balaban J connectivity index is 1.87. The number of imidazole rings is 1. The SMILES string of the molecule is CC(C)n1ccnc1S(=O)(=O)Cc1csc(-c2ncccn2)n1. The summed E-state index contributed by atoms with van der Waals surface area (Å²) in [7, 11) is -3.56. The first-order chi connectivity index (χ1) is 11.0. The maximum atomic E-state index is 12.6. The van der Waals surface area contributed by atoms with Gasteiger partial charge in [0.25, 0.3) is 0 Å². The van der Waals surface area contributed by atoms with E-state index in [4.69, 9.17) is 0 Å². The van der Waals surface area contributed by atoms with Gasteiger partial charge in [-0.1, -0.05) is 0 Å². The van der Waals surface area contributed by atoms with Crippen molar-refractivity contribution in [2.45, 2.75) is 30.8 Å². The molecule has 0 aliphatic heterocycles. The average molecular weight is 349 g/mol. The van der Waals surface area contributed by atoms with Gasteiger partial charge in [0.15, 0.2) is 10.8 Å². The number of aromatic nitrogens is 5. The number of nitrogens with zero attached hydrogens (tertiary/aromatic N) is 5. The van der Waals surface area contributed by atoms with Crippen molar-refractivity contribution < 1.29 is 8.42 Å². The van der Waals surface area contributed by atoms with Crippen LogP contribution in [0.5, 0.6) is 0 Å². The molecule has 3 rings (SSSR count). The predicted molar refractivity (Wildman–Crippen MR) is 86.6 cm³/mol. The lowest BCUT2D eigenvalue weighted by molar-refractivity contribution is 0.519. The van der Waals surface area contributed by atoms with Crippen LogP contribution >= 0.6 is 11.3 Å². The van der Waals surface area contributed by atoms with Crippen LogP contribution in [0.1, 0.15) is 25.6 Å². The van der Waals surface area contributed by atoms with Crippen LogP contribution < -0.4 is 0 Å². The lowest BCUT2D eigenvalue weighted by Gasteiger charge is -2.10. The zero-order valence-corrected chi connectivity index (χ0v) is 14.3. The Morgan fingerprint density at radius 3 is 2.61 bits per heavy atom. The molecule has 0 fully saturated rings. The third-order valence-electron chi connectivity index (χ3n) is 3.11. The van der Waals surface area contributed by atoms with E-state index < -0.39 is 9.84 Å². The molecular weight excluding hydrogens is 334 g/mol. The Morgan fingerprint density at radius 2 is 1.91 bits per heavy atom. The normalized spacial score (nSPS) is 12.0. The first-order valence-corrected chi connectivity index (χ1v) is 9.48. The van der Waals surface area contributed by atoms with E-state index in [-0.39, 0.29) is 17.0 Å². The Morgan fingerprint density at radius 1 is 1.17 bits per heavy atom. The van der Waals surface area contributed by atoms with Gasteiger partial charge in [-0.15, -0.1) is 11.3 Å². The highest BCUT2D eigenvalue weighted by molar-refractivity contribution is 7.90. The minimum absolute atomic E-state index is 0.0194. The van der Waals surface area contributed by atoms with Gasteiger partial charge >= 0.3 is 0 Å². The second-order valence-corrected chi connectivity index (χ2v) is 7.93. The molecule has 9 heteroatoms. The summed E-state index contributed by atoms with van der Waals surface area (Å²) in [5.74, 6) is 0.296. The first kappa shape index (κ1) is 15.8. The summed E-state index contributed by atoms with van der Waals surface area (Å²) in [6.45, 7) is 3.82. The zero-order chi connectivity index (χ0) is 16.4. The lowest BCUT2D eigenvalue weighted by atomic mass is 10.4. The maximum absolute atomic E-state index is 12.6. The molecule has 0 unspecified atom stereocenters. The van der Waals surface area contributed by atoms with Crippen LogP contribution in [-0.4, -0.2) is 32.9 Å². The smallest absolute Gasteiger partial charge is 0.228 e. The van der Waals surface area contributed by atoms with E-state index in [0.29, 0.717) is 16.5 Å². The van der Waals surface area contributed by atoms with Crippen LogP contribution in [0.3, 0.4) is 0 Å². The molecule has 3 aromatic heterocycles. The molecule has 0 spiro atoms. The van der Waals surface area contributed by atoms with E-state index >= 15 is 0 Å². The molecule has 0 aliphatic rings. The van der Waals surface area contributed by atoms with E-state index in [2.05, 4.69) is 19.9 Å². The van der Waals surface area contributed by atoms with Crippen molar-refractivity contribution in [3.8, 4) is 10.8 Å². The van der Waals surface area contributed by atoms with Gasteiger partial charge in [-0.25, -0.2) is 28.4 Å². The van der Waals surface area contributed by atoms with Gasteiger partial charge in [0, 0.05) is 36.2 Å². The molecule has 120 valence electrons. The summed E-state index contributed by atoms with van der Waals surface area (Å²) in [6, 6.07) is 1.74. The molecule has 3 aromatic rings. The molecule has 3 heterocycles. The number of hydrogen-bond acceptors (Lipinski definition) is 7. The molecule has 0 saturated carbocycles. The van der Waals surface area contributed by atoms with Crippen molar-refractivity contribution in [2.24, 2.45) is 0 Å². The summed E-state index contributed by atoms with van der Waals surface area (Å²) in [5, 5.41) is 2.38. The van der Waals surface area contributed by atoms with Gasteiger partial charge in [-0.05, 0) is 19.9 Å². The third-order valence-corrected chi connectivity index (χ3v) is 5.55. The predicted octanol–water partition coefficient (Wildman–Crippen LogP) is 2.35. The second kappa shape index (κ2) is 6.17. The minimum atomic E-state index is -3.56. The van der Waals surface area contributed by atoms with Crippen molar-refractivity contribution >= 4 is 21.2 Å². The van der Waals surface area contributed by atoms with Crippen LogP contribution in [0.2, 0.25) is 0 Å². The number of sulfone groups is 1. The highest BCUT2D eigenvalue weighted by atomic mass is 32.2. The van der Waals surface area contributed by atoms with E-state index in [9.17, 15) is 8.42 Å². The van der Waals surface area contributed by atoms with E-state index in [1.54, 1.807) is 34.6 Å². The third kappa shape index (κ3) is 3.30. The van der Waals surface area contributed by atoms with Gasteiger partial charge in [0.2, 0.25) is 15.0 Å². The fourth-order valence-corrected chi connectivity index (χ4v) is 4.43. The van der Waals surface area contributed by atoms with Crippen LogP contribution in [-0.2, 0) is 15.6 Å². The molecule has 23 heavy (non-hydrogen) atoms. The summed E-state index contributed by atoms with van der Waals surface area (Å²) < 4.78 is 26.8. The molecule has 0 amide bonds. The Kier molecular flexibility index (Phi) is 4.22. The standard InChI is InChI=1S/C14H15N5O2S2/c1-10(2)19-7-6-17-14(19)23(20,21)9-11-8-22-13(18-11)12-15-4-3-5-16-12/h3-8,10H,9H2,1-2H3. The van der Waals surface area contributed by atoms with E-state index in [0.717, 1.165) is 0 Å². The van der Waals surface area contributed by atoms with Crippen molar-refractivity contribution in [3.05, 3.63) is 41.9 Å². The van der Waals surface area contributed by atoms with Gasteiger partial charge in [-0.3, -0.25) is 0 Å². The summed E-state index contributed by atoms with van der Waals surface area (Å²) >= 11 is 1.32.